The highest BCUT2D eigenvalue weighted by atomic mass is 16.3. The van der Waals surface area contributed by atoms with Crippen LogP contribution in [0.5, 0.6) is 5.75 Å². The van der Waals surface area contributed by atoms with Crippen molar-refractivity contribution in [1.29, 1.82) is 0 Å². The standard InChI is InChI=1S/C14H21N3O/c15-14(17-9-2-1-3-10-17)16-8-7-12-5-4-6-13(18)11-12/h4-6,11,18H,1-3,7-10H2,(H2,15,16). The third-order valence-electron chi connectivity index (χ3n) is 3.26. The molecule has 4 nitrogen and oxygen atoms in total. The number of hydrogen-bond acceptors (Lipinski definition) is 2. The third-order valence-corrected chi connectivity index (χ3v) is 3.26. The summed E-state index contributed by atoms with van der Waals surface area (Å²) in [6.45, 7) is 2.73. The van der Waals surface area contributed by atoms with Crippen LogP contribution in [-0.2, 0) is 6.42 Å². The summed E-state index contributed by atoms with van der Waals surface area (Å²) in [4.78, 5) is 6.57. The highest BCUT2D eigenvalue weighted by Gasteiger charge is 2.11. The van der Waals surface area contributed by atoms with Crippen LogP contribution in [0.15, 0.2) is 29.3 Å². The Morgan fingerprint density at radius 3 is 2.78 bits per heavy atom. The van der Waals surface area contributed by atoms with E-state index in [-0.39, 0.29) is 0 Å². The van der Waals surface area contributed by atoms with E-state index in [0.717, 1.165) is 25.1 Å². The van der Waals surface area contributed by atoms with Crippen LogP contribution in [0.2, 0.25) is 0 Å². The van der Waals surface area contributed by atoms with Crippen LogP contribution >= 0.6 is 0 Å². The van der Waals surface area contributed by atoms with E-state index in [1.54, 1.807) is 12.1 Å². The number of benzene rings is 1. The highest BCUT2D eigenvalue weighted by Crippen LogP contribution is 2.11. The molecular weight excluding hydrogens is 226 g/mol. The van der Waals surface area contributed by atoms with Crippen molar-refractivity contribution >= 4 is 5.96 Å². The number of piperidine rings is 1. The predicted octanol–water partition coefficient (Wildman–Crippen LogP) is 1.74. The molecule has 1 aliphatic heterocycles. The minimum Gasteiger partial charge on any atom is -0.508 e. The summed E-state index contributed by atoms with van der Waals surface area (Å²) in [5.41, 5.74) is 7.06. The lowest BCUT2D eigenvalue weighted by Crippen LogP contribution is -2.41. The predicted molar refractivity (Wildman–Crippen MR) is 73.7 cm³/mol. The van der Waals surface area contributed by atoms with E-state index in [2.05, 4.69) is 9.89 Å². The minimum atomic E-state index is 0.306. The molecule has 0 aromatic heterocycles. The van der Waals surface area contributed by atoms with Crippen LogP contribution in [0.1, 0.15) is 24.8 Å². The molecule has 0 radical (unpaired) electrons. The quantitative estimate of drug-likeness (QED) is 0.631. The molecule has 4 heteroatoms. The van der Waals surface area contributed by atoms with E-state index >= 15 is 0 Å². The first-order valence-corrected chi connectivity index (χ1v) is 6.58. The van der Waals surface area contributed by atoms with Gasteiger partial charge in [-0.3, -0.25) is 4.99 Å². The molecule has 1 saturated heterocycles. The molecule has 18 heavy (non-hydrogen) atoms. The number of aliphatic imine (C=N–C) groups is 1. The Balaban J connectivity index is 1.83. The van der Waals surface area contributed by atoms with Crippen LogP contribution < -0.4 is 5.73 Å². The van der Waals surface area contributed by atoms with Crippen LogP contribution in [-0.4, -0.2) is 35.6 Å². The monoisotopic (exact) mass is 247 g/mol. The van der Waals surface area contributed by atoms with Crippen molar-refractivity contribution < 1.29 is 5.11 Å². The Morgan fingerprint density at radius 2 is 2.06 bits per heavy atom. The summed E-state index contributed by atoms with van der Waals surface area (Å²) in [5, 5.41) is 9.36. The topological polar surface area (TPSA) is 61.9 Å². The maximum Gasteiger partial charge on any atom is 0.191 e. The van der Waals surface area contributed by atoms with Crippen LogP contribution in [0, 0.1) is 0 Å². The number of hydrogen-bond donors (Lipinski definition) is 2. The van der Waals surface area contributed by atoms with Crippen molar-refractivity contribution in [2.24, 2.45) is 10.7 Å². The second-order valence-electron chi connectivity index (χ2n) is 4.71. The molecule has 1 fully saturated rings. The summed E-state index contributed by atoms with van der Waals surface area (Å²) >= 11 is 0. The second kappa shape index (κ2) is 6.28. The summed E-state index contributed by atoms with van der Waals surface area (Å²) in [6.07, 6.45) is 4.53. The van der Waals surface area contributed by atoms with Crippen molar-refractivity contribution in [1.82, 2.24) is 4.90 Å². The van der Waals surface area contributed by atoms with Crippen LogP contribution in [0.4, 0.5) is 0 Å². The smallest absolute Gasteiger partial charge is 0.191 e. The van der Waals surface area contributed by atoms with E-state index in [0.29, 0.717) is 18.3 Å². The zero-order valence-corrected chi connectivity index (χ0v) is 10.7. The molecule has 0 saturated carbocycles. The summed E-state index contributed by atoms with van der Waals surface area (Å²) in [6, 6.07) is 7.29. The second-order valence-corrected chi connectivity index (χ2v) is 4.71. The maximum absolute atomic E-state index is 9.36. The Bertz CT molecular complexity index is 411. The molecule has 1 heterocycles. The molecule has 1 aliphatic rings. The number of rotatable bonds is 3. The van der Waals surface area contributed by atoms with E-state index < -0.39 is 0 Å². The molecule has 2 rings (SSSR count). The Hall–Kier alpha value is -1.71. The van der Waals surface area contributed by atoms with Gasteiger partial charge in [0, 0.05) is 19.6 Å². The molecule has 0 aliphatic carbocycles. The first-order valence-electron chi connectivity index (χ1n) is 6.58. The van der Waals surface area contributed by atoms with Gasteiger partial charge < -0.3 is 15.7 Å². The molecule has 0 unspecified atom stereocenters. The first kappa shape index (κ1) is 12.7. The van der Waals surface area contributed by atoms with Crippen molar-refractivity contribution in [3.05, 3.63) is 29.8 Å². The molecule has 98 valence electrons. The largest absolute Gasteiger partial charge is 0.508 e. The van der Waals surface area contributed by atoms with Gasteiger partial charge in [0.15, 0.2) is 5.96 Å². The number of guanidine groups is 1. The van der Waals surface area contributed by atoms with E-state index in [1.165, 1.54) is 19.3 Å². The van der Waals surface area contributed by atoms with Gasteiger partial charge in [0.1, 0.15) is 5.75 Å². The number of phenols is 1. The molecule has 0 amide bonds. The van der Waals surface area contributed by atoms with Gasteiger partial charge in [0.25, 0.3) is 0 Å². The average molecular weight is 247 g/mol. The lowest BCUT2D eigenvalue weighted by atomic mass is 10.1. The number of phenolic OH excluding ortho intramolecular Hbond substituents is 1. The Kier molecular flexibility index (Phi) is 4.45. The third kappa shape index (κ3) is 3.65. The maximum atomic E-state index is 9.36. The molecule has 0 spiro atoms. The normalized spacial score (nSPS) is 16.9. The summed E-state index contributed by atoms with van der Waals surface area (Å²) < 4.78 is 0. The van der Waals surface area contributed by atoms with Gasteiger partial charge in [-0.1, -0.05) is 12.1 Å². The van der Waals surface area contributed by atoms with E-state index in [4.69, 9.17) is 5.73 Å². The molecular formula is C14H21N3O. The van der Waals surface area contributed by atoms with Crippen molar-refractivity contribution in [3.63, 3.8) is 0 Å². The first-order chi connectivity index (χ1) is 8.75. The van der Waals surface area contributed by atoms with Gasteiger partial charge in [0.2, 0.25) is 0 Å². The average Bonchev–Trinajstić information content (AvgIpc) is 2.40. The zero-order valence-electron chi connectivity index (χ0n) is 10.7. The van der Waals surface area contributed by atoms with Crippen LogP contribution in [0.25, 0.3) is 0 Å². The number of nitrogens with zero attached hydrogens (tertiary/aromatic N) is 2. The van der Waals surface area contributed by atoms with Crippen molar-refractivity contribution in [2.45, 2.75) is 25.7 Å². The zero-order chi connectivity index (χ0) is 12.8. The van der Waals surface area contributed by atoms with Crippen molar-refractivity contribution in [3.8, 4) is 5.75 Å². The fraction of sp³-hybridized carbons (Fsp3) is 0.500. The summed E-state index contributed by atoms with van der Waals surface area (Å²) in [5.74, 6) is 0.968. The van der Waals surface area contributed by atoms with Gasteiger partial charge in [-0.25, -0.2) is 0 Å². The molecule has 3 N–H and O–H groups in total. The van der Waals surface area contributed by atoms with Crippen LogP contribution in [0.3, 0.4) is 0 Å². The lowest BCUT2D eigenvalue weighted by Gasteiger charge is -2.27. The minimum absolute atomic E-state index is 0.306. The SMILES string of the molecule is NC(=NCCc1cccc(O)c1)N1CCCCC1. The highest BCUT2D eigenvalue weighted by molar-refractivity contribution is 5.78. The van der Waals surface area contributed by atoms with Gasteiger partial charge in [-0.15, -0.1) is 0 Å². The Morgan fingerprint density at radius 1 is 1.28 bits per heavy atom. The van der Waals surface area contributed by atoms with E-state index in [1.807, 2.05) is 12.1 Å². The van der Waals surface area contributed by atoms with Gasteiger partial charge in [0.05, 0.1) is 0 Å². The van der Waals surface area contributed by atoms with Gasteiger partial charge in [-0.05, 0) is 43.4 Å². The lowest BCUT2D eigenvalue weighted by molar-refractivity contribution is 0.338. The number of likely N-dealkylation sites (tertiary alicyclic amines) is 1. The van der Waals surface area contributed by atoms with Gasteiger partial charge in [-0.2, -0.15) is 0 Å². The number of aromatic hydroxyl groups is 1. The van der Waals surface area contributed by atoms with E-state index in [9.17, 15) is 5.11 Å². The molecule has 1 aromatic carbocycles. The fourth-order valence-corrected chi connectivity index (χ4v) is 2.23. The van der Waals surface area contributed by atoms with Gasteiger partial charge >= 0.3 is 0 Å². The van der Waals surface area contributed by atoms with Crippen molar-refractivity contribution in [2.75, 3.05) is 19.6 Å². The molecule has 1 aromatic rings. The molecule has 0 atom stereocenters. The fourth-order valence-electron chi connectivity index (χ4n) is 2.23. The molecule has 0 bridgehead atoms. The Labute approximate surface area is 108 Å². The number of nitrogens with two attached hydrogens (primary N) is 1. The summed E-state index contributed by atoms with van der Waals surface area (Å²) in [7, 11) is 0.